The first-order valence-electron chi connectivity index (χ1n) is 25.4. The number of fused-ring (bicyclic) bond motifs is 6. The minimum Gasteiger partial charge on any atom is -0.493 e. The molecule has 7 heteroatoms. The predicted molar refractivity (Wildman–Crippen MR) is 260 cm³/mol. The maximum atomic E-state index is 9.05. The van der Waals surface area contributed by atoms with Crippen molar-refractivity contribution in [2.45, 2.75) is 36.0 Å². The molecule has 0 unspecified atom stereocenters. The van der Waals surface area contributed by atoms with E-state index in [1.807, 2.05) is 84.2 Å². The SMILES string of the molecule is [2H]c1c([2H])c([2H])c(-c2cccc(-c3c([2H])c([2H])c([2H])c([2H])c3[2H])c2N2[CH-]N(c3[c-]c(Sc4[c-]c5c(cc4)-c4ccncc4-c4ccccc4N5c4cc(C(C)(C)C)ccn4)ccc3)c3ccccc32)c([2H])c1[2H].[Pt]. The summed E-state index contributed by atoms with van der Waals surface area (Å²) < 4.78 is 87.3. The Morgan fingerprint density at radius 1 is 0.578 bits per heavy atom. The van der Waals surface area contributed by atoms with E-state index < -0.39 is 60.4 Å². The Morgan fingerprint density at radius 2 is 1.22 bits per heavy atom. The molecule has 2 aromatic heterocycles. The standard InChI is InChI=1S/C57H42N5S.Pt/c1-57(2,3)41-30-33-59-55(34-41)62-51-25-11-10-22-48(51)50-37-58-32-31-47(50)49-29-28-44(36-54(49)62)63-43-21-14-20-42(35-43)60-38-61(53-27-13-12-26-52(53)60)56-45(39-16-6-4-7-17-39)23-15-24-46(56)40-18-8-5-9-19-40;/h4-34,37-38H,1-3H3;/q-3;/i4D,5D,6D,7D,8D,9D,16D,17D,18D,19D;. The fourth-order valence-electron chi connectivity index (χ4n) is 8.24. The van der Waals surface area contributed by atoms with Gasteiger partial charge in [0.1, 0.15) is 5.82 Å². The Kier molecular flexibility index (Phi) is 8.33. The zero-order valence-corrected chi connectivity index (χ0v) is 37.8. The Labute approximate surface area is 408 Å². The van der Waals surface area contributed by atoms with Crippen LogP contribution in [0.5, 0.6) is 0 Å². The number of pyridine rings is 2. The van der Waals surface area contributed by atoms with Crippen molar-refractivity contribution in [2.75, 3.05) is 14.7 Å². The van der Waals surface area contributed by atoms with Crippen molar-refractivity contribution in [1.82, 2.24) is 9.97 Å². The first kappa shape index (κ1) is 31.2. The van der Waals surface area contributed by atoms with Crippen LogP contribution in [-0.2, 0) is 26.5 Å². The molecule has 0 spiro atoms. The van der Waals surface area contributed by atoms with Crippen molar-refractivity contribution in [2.24, 2.45) is 0 Å². The summed E-state index contributed by atoms with van der Waals surface area (Å²) in [5.41, 5.74) is 9.12. The summed E-state index contributed by atoms with van der Waals surface area (Å²) in [6.07, 6.45) is 5.57. The molecule has 2 aliphatic rings. The number of rotatable bonds is 7. The minimum absolute atomic E-state index is 0. The Bertz CT molecular complexity index is 3610. The molecule has 64 heavy (non-hydrogen) atoms. The number of nitrogens with zero attached hydrogens (tertiary/aromatic N) is 5. The fourth-order valence-corrected chi connectivity index (χ4v) is 9.06. The second-order valence-electron chi connectivity index (χ2n) is 16.1. The molecular formula is C57H42N5PtS-3. The van der Waals surface area contributed by atoms with Gasteiger partial charge < -0.3 is 14.7 Å². The van der Waals surface area contributed by atoms with Crippen LogP contribution >= 0.6 is 11.8 Å². The van der Waals surface area contributed by atoms with Crippen molar-refractivity contribution >= 4 is 51.7 Å². The Hall–Kier alpha value is -6.72. The van der Waals surface area contributed by atoms with Gasteiger partial charge in [-0.15, -0.1) is 57.7 Å². The monoisotopic (exact) mass is 1030 g/mol. The van der Waals surface area contributed by atoms with E-state index >= 15 is 0 Å². The van der Waals surface area contributed by atoms with E-state index in [9.17, 15) is 0 Å². The average Bonchev–Trinajstić information content (AvgIpc) is 3.73. The Morgan fingerprint density at radius 3 is 1.94 bits per heavy atom. The van der Waals surface area contributed by atoms with Gasteiger partial charge in [0.05, 0.1) is 19.4 Å². The van der Waals surface area contributed by atoms with E-state index in [2.05, 4.69) is 79.2 Å². The number of hydrogen-bond acceptors (Lipinski definition) is 6. The van der Waals surface area contributed by atoms with Gasteiger partial charge in [-0.1, -0.05) is 141 Å². The number of benzene rings is 7. The quantitative estimate of drug-likeness (QED) is 0.148. The third-order valence-electron chi connectivity index (χ3n) is 11.2. The third kappa shape index (κ3) is 7.51. The molecule has 0 saturated carbocycles. The van der Waals surface area contributed by atoms with Gasteiger partial charge in [0.25, 0.3) is 0 Å². The molecular weight excluding hydrogens is 982 g/mol. The van der Waals surface area contributed by atoms with Crippen LogP contribution in [0.4, 0.5) is 39.9 Å². The minimum atomic E-state index is -0.559. The third-order valence-corrected chi connectivity index (χ3v) is 12.1. The second-order valence-corrected chi connectivity index (χ2v) is 17.1. The van der Waals surface area contributed by atoms with Crippen LogP contribution in [0, 0.1) is 18.8 Å². The zero-order valence-electron chi connectivity index (χ0n) is 44.7. The molecule has 0 atom stereocenters. The van der Waals surface area contributed by atoms with Gasteiger partial charge in [-0.3, -0.25) is 4.98 Å². The first-order chi connectivity index (χ1) is 35.0. The van der Waals surface area contributed by atoms with Gasteiger partial charge in [-0.2, -0.15) is 24.3 Å². The molecule has 0 fully saturated rings. The molecule has 2 aliphatic heterocycles. The van der Waals surface area contributed by atoms with Gasteiger partial charge >= 0.3 is 0 Å². The largest absolute Gasteiger partial charge is 0.493 e. The van der Waals surface area contributed by atoms with Gasteiger partial charge in [0, 0.05) is 73.4 Å². The van der Waals surface area contributed by atoms with Crippen LogP contribution in [0.3, 0.4) is 0 Å². The Balaban J connectivity index is 0.00000626. The van der Waals surface area contributed by atoms with Crippen LogP contribution in [0.15, 0.2) is 204 Å². The maximum Gasteiger partial charge on any atom is 0.135 e. The summed E-state index contributed by atoms with van der Waals surface area (Å²) in [4.78, 5) is 17.0. The summed E-state index contributed by atoms with van der Waals surface area (Å²) in [5, 5.41) is 0. The summed E-state index contributed by atoms with van der Waals surface area (Å²) in [6, 6.07) is 39.2. The van der Waals surface area contributed by atoms with Crippen molar-refractivity contribution in [3.05, 3.63) is 219 Å². The summed E-state index contributed by atoms with van der Waals surface area (Å²) >= 11 is 1.49. The number of hydrogen-bond donors (Lipinski definition) is 0. The molecule has 0 bridgehead atoms. The fraction of sp³-hybridized carbons (Fsp3) is 0.0702. The molecule has 7 aromatic carbocycles. The van der Waals surface area contributed by atoms with Crippen molar-refractivity contribution in [3.8, 4) is 44.5 Å². The molecule has 0 saturated heterocycles. The topological polar surface area (TPSA) is 35.5 Å². The molecule has 0 amide bonds. The maximum absolute atomic E-state index is 9.05. The van der Waals surface area contributed by atoms with Crippen LogP contribution in [0.2, 0.25) is 0 Å². The van der Waals surface area contributed by atoms with Crippen molar-refractivity contribution in [3.63, 3.8) is 0 Å². The van der Waals surface area contributed by atoms with Gasteiger partial charge in [-0.25, -0.2) is 4.98 Å². The molecule has 0 aliphatic carbocycles. The number of anilines is 7. The summed E-state index contributed by atoms with van der Waals surface area (Å²) in [7, 11) is 0. The molecule has 4 heterocycles. The summed E-state index contributed by atoms with van der Waals surface area (Å²) in [5.74, 6) is 0.754. The average molecular weight is 1030 g/mol. The smallest absolute Gasteiger partial charge is 0.135 e. The van der Waals surface area contributed by atoms with Crippen LogP contribution in [-0.4, -0.2) is 9.97 Å². The normalized spacial score (nSPS) is 14.9. The molecule has 0 radical (unpaired) electrons. The molecule has 314 valence electrons. The zero-order chi connectivity index (χ0) is 51.2. The number of para-hydroxylation sites is 4. The van der Waals surface area contributed by atoms with Crippen molar-refractivity contribution < 1.29 is 34.8 Å². The van der Waals surface area contributed by atoms with E-state index in [-0.39, 0.29) is 54.4 Å². The van der Waals surface area contributed by atoms with Crippen LogP contribution < -0.4 is 14.7 Å². The van der Waals surface area contributed by atoms with E-state index in [1.54, 1.807) is 29.8 Å². The van der Waals surface area contributed by atoms with Crippen LogP contribution in [0.25, 0.3) is 44.5 Å². The second kappa shape index (κ2) is 17.1. The van der Waals surface area contributed by atoms with E-state index in [4.69, 9.17) is 18.7 Å². The van der Waals surface area contributed by atoms with E-state index in [1.165, 1.54) is 11.8 Å². The van der Waals surface area contributed by atoms with Gasteiger partial charge in [-0.05, 0) is 64.1 Å². The molecule has 0 N–H and O–H groups in total. The summed E-state index contributed by atoms with van der Waals surface area (Å²) in [6.45, 7) is 8.34. The van der Waals surface area contributed by atoms with Crippen molar-refractivity contribution in [1.29, 1.82) is 0 Å². The van der Waals surface area contributed by atoms with E-state index in [0.29, 0.717) is 17.1 Å². The first-order valence-corrected chi connectivity index (χ1v) is 21.2. The predicted octanol–water partition coefficient (Wildman–Crippen LogP) is 15.4. The van der Waals surface area contributed by atoms with Gasteiger partial charge in [0.15, 0.2) is 0 Å². The molecule has 11 rings (SSSR count). The van der Waals surface area contributed by atoms with E-state index in [0.717, 1.165) is 54.8 Å². The number of aromatic nitrogens is 2. The molecule has 5 nitrogen and oxygen atoms in total. The van der Waals surface area contributed by atoms with Crippen LogP contribution in [0.1, 0.15) is 40.0 Å². The van der Waals surface area contributed by atoms with Gasteiger partial charge in [0.2, 0.25) is 0 Å². The molecule has 9 aromatic rings.